The number of aromatic amines is 1. The molecule has 0 aromatic carbocycles. The third kappa shape index (κ3) is 2.42. The van der Waals surface area contributed by atoms with Crippen molar-refractivity contribution in [3.8, 4) is 6.07 Å². The first kappa shape index (κ1) is 11.8. The standard InChI is InChI=1S/C9H6F2N2O3/c10-8(11)5-1-4(2-7(14)15)13-9(16)6(5)3-12/h1,8H,2H2,(H,13,16)(H,14,15). The number of carboxylic acids is 1. The molecule has 0 radical (unpaired) electrons. The van der Waals surface area contributed by atoms with Gasteiger partial charge >= 0.3 is 5.97 Å². The highest BCUT2D eigenvalue weighted by Crippen LogP contribution is 2.20. The van der Waals surface area contributed by atoms with Crippen molar-refractivity contribution in [1.82, 2.24) is 4.98 Å². The molecule has 1 heterocycles. The SMILES string of the molecule is N#Cc1c(C(F)F)cc(CC(=O)O)[nH]c1=O. The summed E-state index contributed by atoms with van der Waals surface area (Å²) >= 11 is 0. The number of rotatable bonds is 3. The predicted molar refractivity (Wildman–Crippen MR) is 48.1 cm³/mol. The number of aliphatic carboxylic acids is 1. The maximum Gasteiger partial charge on any atom is 0.309 e. The Balaban J connectivity index is 3.35. The third-order valence-corrected chi connectivity index (χ3v) is 1.81. The second kappa shape index (κ2) is 4.53. The lowest BCUT2D eigenvalue weighted by Gasteiger charge is -2.04. The van der Waals surface area contributed by atoms with Gasteiger partial charge in [0.15, 0.2) is 0 Å². The largest absolute Gasteiger partial charge is 0.481 e. The molecule has 0 aliphatic rings. The molecule has 0 saturated heterocycles. The summed E-state index contributed by atoms with van der Waals surface area (Å²) in [7, 11) is 0. The van der Waals surface area contributed by atoms with Gasteiger partial charge in [-0.3, -0.25) is 9.59 Å². The third-order valence-electron chi connectivity index (χ3n) is 1.81. The summed E-state index contributed by atoms with van der Waals surface area (Å²) in [6.45, 7) is 0. The molecular weight excluding hydrogens is 222 g/mol. The first-order chi connectivity index (χ1) is 7.45. The van der Waals surface area contributed by atoms with Gasteiger partial charge in [-0.25, -0.2) is 8.78 Å². The monoisotopic (exact) mass is 228 g/mol. The van der Waals surface area contributed by atoms with Crippen LogP contribution in [0.15, 0.2) is 10.9 Å². The van der Waals surface area contributed by atoms with E-state index >= 15 is 0 Å². The normalized spacial score (nSPS) is 10.1. The Morgan fingerprint density at radius 1 is 1.62 bits per heavy atom. The summed E-state index contributed by atoms with van der Waals surface area (Å²) in [5, 5.41) is 16.9. The van der Waals surface area contributed by atoms with Crippen LogP contribution < -0.4 is 5.56 Å². The van der Waals surface area contributed by atoms with Crippen molar-refractivity contribution >= 4 is 5.97 Å². The highest BCUT2D eigenvalue weighted by molar-refractivity contribution is 5.69. The van der Waals surface area contributed by atoms with Crippen LogP contribution in [0.4, 0.5) is 8.78 Å². The molecule has 1 aromatic rings. The van der Waals surface area contributed by atoms with Crippen LogP contribution in [0.1, 0.15) is 23.2 Å². The van der Waals surface area contributed by atoms with E-state index in [0.717, 1.165) is 6.07 Å². The fourth-order valence-electron chi connectivity index (χ4n) is 1.18. The molecule has 84 valence electrons. The molecule has 7 heteroatoms. The molecule has 1 rings (SSSR count). The fraction of sp³-hybridized carbons (Fsp3) is 0.222. The highest BCUT2D eigenvalue weighted by atomic mass is 19.3. The lowest BCUT2D eigenvalue weighted by atomic mass is 10.1. The predicted octanol–water partition coefficient (Wildman–Crippen LogP) is 0.811. The molecule has 0 fully saturated rings. The maximum absolute atomic E-state index is 12.5. The zero-order valence-corrected chi connectivity index (χ0v) is 7.83. The molecule has 0 unspecified atom stereocenters. The van der Waals surface area contributed by atoms with Crippen LogP contribution in [0.5, 0.6) is 0 Å². The van der Waals surface area contributed by atoms with Crippen LogP contribution in [0.3, 0.4) is 0 Å². The molecule has 0 aliphatic carbocycles. The zero-order chi connectivity index (χ0) is 12.3. The van der Waals surface area contributed by atoms with E-state index in [1.165, 1.54) is 6.07 Å². The number of nitriles is 1. The van der Waals surface area contributed by atoms with E-state index in [-0.39, 0.29) is 5.69 Å². The van der Waals surface area contributed by atoms with Crippen molar-refractivity contribution in [1.29, 1.82) is 5.26 Å². The van der Waals surface area contributed by atoms with Crippen LogP contribution in [0.2, 0.25) is 0 Å². The number of hydrogen-bond donors (Lipinski definition) is 2. The van der Waals surface area contributed by atoms with Gasteiger partial charge in [0, 0.05) is 11.3 Å². The van der Waals surface area contributed by atoms with E-state index < -0.39 is 35.5 Å². The van der Waals surface area contributed by atoms with Crippen LogP contribution in [-0.4, -0.2) is 16.1 Å². The molecule has 0 amide bonds. The zero-order valence-electron chi connectivity index (χ0n) is 7.83. The number of carbonyl (C=O) groups is 1. The van der Waals surface area contributed by atoms with Gasteiger partial charge in [0.1, 0.15) is 11.6 Å². The molecule has 0 saturated carbocycles. The number of carboxylic acid groups (broad SMARTS) is 1. The first-order valence-corrected chi connectivity index (χ1v) is 4.12. The minimum atomic E-state index is -3.00. The summed E-state index contributed by atoms with van der Waals surface area (Å²) in [6, 6.07) is 2.17. The molecule has 0 aliphatic heterocycles. The minimum absolute atomic E-state index is 0.160. The van der Waals surface area contributed by atoms with Crippen molar-refractivity contribution in [2.75, 3.05) is 0 Å². The molecule has 0 bridgehead atoms. The van der Waals surface area contributed by atoms with E-state index in [0.29, 0.717) is 0 Å². The van der Waals surface area contributed by atoms with Gasteiger partial charge in [-0.2, -0.15) is 5.26 Å². The number of alkyl halides is 2. The molecule has 0 atom stereocenters. The second-order valence-electron chi connectivity index (χ2n) is 2.94. The number of pyridine rings is 1. The number of nitrogens with one attached hydrogen (secondary N) is 1. The van der Waals surface area contributed by atoms with Crippen LogP contribution in [0, 0.1) is 11.3 Å². The number of aromatic nitrogens is 1. The fourth-order valence-corrected chi connectivity index (χ4v) is 1.18. The minimum Gasteiger partial charge on any atom is -0.481 e. The van der Waals surface area contributed by atoms with Crippen molar-refractivity contribution in [2.24, 2.45) is 0 Å². The summed E-state index contributed by atoms with van der Waals surface area (Å²) in [6.07, 6.45) is -3.58. The number of H-pyrrole nitrogens is 1. The molecule has 2 N–H and O–H groups in total. The Bertz CT molecular complexity index is 516. The summed E-state index contributed by atoms with van der Waals surface area (Å²) < 4.78 is 24.9. The Morgan fingerprint density at radius 3 is 2.69 bits per heavy atom. The van der Waals surface area contributed by atoms with Gasteiger partial charge < -0.3 is 10.1 Å². The smallest absolute Gasteiger partial charge is 0.309 e. The first-order valence-electron chi connectivity index (χ1n) is 4.12. The average Bonchev–Trinajstić information content (AvgIpc) is 2.15. The van der Waals surface area contributed by atoms with E-state index in [1.54, 1.807) is 0 Å². The summed E-state index contributed by atoms with van der Waals surface area (Å²) in [5.41, 5.74) is -2.60. The van der Waals surface area contributed by atoms with Crippen LogP contribution >= 0.6 is 0 Å². The molecular formula is C9H6F2N2O3. The van der Waals surface area contributed by atoms with E-state index in [9.17, 15) is 18.4 Å². The van der Waals surface area contributed by atoms with Crippen LogP contribution in [-0.2, 0) is 11.2 Å². The Morgan fingerprint density at radius 2 is 2.25 bits per heavy atom. The maximum atomic E-state index is 12.5. The molecule has 0 spiro atoms. The van der Waals surface area contributed by atoms with Crippen molar-refractivity contribution in [3.63, 3.8) is 0 Å². The Labute approximate surface area is 88.0 Å². The van der Waals surface area contributed by atoms with Crippen molar-refractivity contribution in [2.45, 2.75) is 12.8 Å². The molecule has 5 nitrogen and oxygen atoms in total. The average molecular weight is 228 g/mol. The van der Waals surface area contributed by atoms with E-state index in [2.05, 4.69) is 4.98 Å². The quantitative estimate of drug-likeness (QED) is 0.800. The lowest BCUT2D eigenvalue weighted by Crippen LogP contribution is -2.17. The van der Waals surface area contributed by atoms with Gasteiger partial charge in [0.05, 0.1) is 6.42 Å². The van der Waals surface area contributed by atoms with E-state index in [4.69, 9.17) is 10.4 Å². The van der Waals surface area contributed by atoms with Crippen LogP contribution in [0.25, 0.3) is 0 Å². The van der Waals surface area contributed by atoms with E-state index in [1.807, 2.05) is 0 Å². The number of halogens is 2. The lowest BCUT2D eigenvalue weighted by molar-refractivity contribution is -0.136. The van der Waals surface area contributed by atoms with Gasteiger partial charge in [0.25, 0.3) is 12.0 Å². The summed E-state index contributed by atoms with van der Waals surface area (Å²) in [5.74, 6) is -1.26. The number of nitrogens with zero attached hydrogens (tertiary/aromatic N) is 1. The number of hydrogen-bond acceptors (Lipinski definition) is 3. The second-order valence-corrected chi connectivity index (χ2v) is 2.94. The van der Waals surface area contributed by atoms with Gasteiger partial charge in [-0.05, 0) is 6.07 Å². The van der Waals surface area contributed by atoms with Crippen molar-refractivity contribution in [3.05, 3.63) is 33.2 Å². The van der Waals surface area contributed by atoms with Gasteiger partial charge in [-0.1, -0.05) is 0 Å². The van der Waals surface area contributed by atoms with Gasteiger partial charge in [-0.15, -0.1) is 0 Å². The summed E-state index contributed by atoms with van der Waals surface area (Å²) in [4.78, 5) is 23.6. The topological polar surface area (TPSA) is 93.9 Å². The van der Waals surface area contributed by atoms with Gasteiger partial charge in [0.2, 0.25) is 0 Å². The highest BCUT2D eigenvalue weighted by Gasteiger charge is 2.18. The van der Waals surface area contributed by atoms with Crippen molar-refractivity contribution < 1.29 is 18.7 Å². The Hall–Kier alpha value is -2.23. The Kier molecular flexibility index (Phi) is 3.35. The molecule has 1 aromatic heterocycles. The molecule has 16 heavy (non-hydrogen) atoms.